The number of piperidine rings is 1. The number of aromatic nitrogens is 2. The molecule has 2 heterocycles. The molecule has 2 aromatic rings. The normalized spacial score (nSPS) is 18.7. The molecule has 12 heteroatoms. The van der Waals surface area contributed by atoms with E-state index in [4.69, 9.17) is 4.74 Å². The largest absolute Gasteiger partial charge is 0.385 e. The highest BCUT2D eigenvalue weighted by atomic mass is 32.2. The lowest BCUT2D eigenvalue weighted by molar-refractivity contribution is 0.132. The van der Waals surface area contributed by atoms with Crippen LogP contribution in [0.1, 0.15) is 19.3 Å². The molecular weight excluding hydrogens is 412 g/mol. The summed E-state index contributed by atoms with van der Waals surface area (Å²) in [6, 6.07) is 4.84. The van der Waals surface area contributed by atoms with Gasteiger partial charge in [-0.1, -0.05) is 6.07 Å². The van der Waals surface area contributed by atoms with E-state index in [9.17, 15) is 16.8 Å². The first kappa shape index (κ1) is 20.6. The van der Waals surface area contributed by atoms with Crippen LogP contribution < -0.4 is 4.72 Å². The molecular formula is C15H22N4O5S3. The van der Waals surface area contributed by atoms with Gasteiger partial charge in [-0.05, 0) is 31.4 Å². The molecule has 1 fully saturated rings. The second-order valence-corrected chi connectivity index (χ2v) is 10.8. The number of benzene rings is 1. The van der Waals surface area contributed by atoms with E-state index in [0.29, 0.717) is 36.9 Å². The highest BCUT2D eigenvalue weighted by Gasteiger charge is 2.40. The maximum Gasteiger partial charge on any atom is 0.243 e. The van der Waals surface area contributed by atoms with Crippen LogP contribution in [0.2, 0.25) is 0 Å². The number of nitrogens with one attached hydrogen (secondary N) is 1. The van der Waals surface area contributed by atoms with Crippen LogP contribution in [0.3, 0.4) is 0 Å². The zero-order valence-corrected chi connectivity index (χ0v) is 17.5. The fraction of sp³-hybridized carbons (Fsp3) is 0.600. The number of hydrogen-bond donors (Lipinski definition) is 1. The number of hydrogen-bond acceptors (Lipinski definition) is 8. The van der Waals surface area contributed by atoms with Gasteiger partial charge in [0.2, 0.25) is 20.0 Å². The third kappa shape index (κ3) is 4.46. The lowest BCUT2D eigenvalue weighted by Crippen LogP contribution is -2.56. The molecule has 150 valence electrons. The maximum atomic E-state index is 13.1. The van der Waals surface area contributed by atoms with Gasteiger partial charge in [-0.25, -0.2) is 25.9 Å². The van der Waals surface area contributed by atoms with Crippen molar-refractivity contribution in [2.75, 3.05) is 33.1 Å². The molecule has 1 saturated heterocycles. The van der Waals surface area contributed by atoms with Gasteiger partial charge in [0.25, 0.3) is 0 Å². The summed E-state index contributed by atoms with van der Waals surface area (Å²) in [5.41, 5.74) is 0.0907. The molecule has 0 amide bonds. The van der Waals surface area contributed by atoms with Crippen LogP contribution in [0.5, 0.6) is 0 Å². The molecule has 0 bridgehead atoms. The third-order valence-corrected chi connectivity index (χ3v) is 8.28. The highest BCUT2D eigenvalue weighted by Crippen LogP contribution is 2.30. The molecule has 0 atom stereocenters. The Bertz CT molecular complexity index is 1010. The summed E-state index contributed by atoms with van der Waals surface area (Å²) in [6.07, 6.45) is 2.35. The lowest BCUT2D eigenvalue weighted by Gasteiger charge is -2.41. The van der Waals surface area contributed by atoms with Gasteiger partial charge < -0.3 is 4.74 Å². The Morgan fingerprint density at radius 1 is 1.22 bits per heavy atom. The maximum absolute atomic E-state index is 13.1. The minimum Gasteiger partial charge on any atom is -0.385 e. The van der Waals surface area contributed by atoms with E-state index in [-0.39, 0.29) is 18.0 Å². The number of ether oxygens (including phenoxy) is 1. The van der Waals surface area contributed by atoms with Crippen LogP contribution in [0.15, 0.2) is 23.1 Å². The molecule has 1 N–H and O–H groups in total. The van der Waals surface area contributed by atoms with Crippen molar-refractivity contribution in [3.8, 4) is 0 Å². The van der Waals surface area contributed by atoms with Crippen molar-refractivity contribution in [1.29, 1.82) is 0 Å². The van der Waals surface area contributed by atoms with E-state index < -0.39 is 25.6 Å². The Balaban J connectivity index is 1.89. The van der Waals surface area contributed by atoms with E-state index in [2.05, 4.69) is 13.5 Å². The van der Waals surface area contributed by atoms with Gasteiger partial charge in [-0.3, -0.25) is 0 Å². The topological polar surface area (TPSA) is 119 Å². The molecule has 1 aliphatic rings. The summed E-state index contributed by atoms with van der Waals surface area (Å²) in [5.74, 6) is 0. The number of methoxy groups -OCH3 is 1. The first-order valence-electron chi connectivity index (χ1n) is 8.36. The van der Waals surface area contributed by atoms with Crippen molar-refractivity contribution in [2.45, 2.75) is 29.7 Å². The predicted octanol–water partition coefficient (Wildman–Crippen LogP) is 0.800. The molecule has 1 aromatic heterocycles. The van der Waals surface area contributed by atoms with Crippen LogP contribution in [-0.4, -0.2) is 68.5 Å². The van der Waals surface area contributed by atoms with Crippen molar-refractivity contribution in [1.82, 2.24) is 17.8 Å². The zero-order chi connectivity index (χ0) is 19.7. The smallest absolute Gasteiger partial charge is 0.243 e. The Morgan fingerprint density at radius 2 is 1.93 bits per heavy atom. The Hall–Kier alpha value is -1.18. The van der Waals surface area contributed by atoms with Gasteiger partial charge in [0, 0.05) is 32.3 Å². The number of nitrogens with zero attached hydrogens (tertiary/aromatic N) is 3. The van der Waals surface area contributed by atoms with Crippen LogP contribution in [-0.2, 0) is 24.8 Å². The first-order chi connectivity index (χ1) is 12.7. The fourth-order valence-corrected chi connectivity index (χ4v) is 6.39. The second-order valence-electron chi connectivity index (χ2n) is 6.68. The summed E-state index contributed by atoms with van der Waals surface area (Å²) < 4.78 is 67.3. The Kier molecular flexibility index (Phi) is 5.85. The van der Waals surface area contributed by atoms with E-state index >= 15 is 0 Å². The van der Waals surface area contributed by atoms with Gasteiger partial charge in [0.1, 0.15) is 15.9 Å². The average Bonchev–Trinajstić information content (AvgIpc) is 3.08. The van der Waals surface area contributed by atoms with Crippen molar-refractivity contribution >= 4 is 42.8 Å². The van der Waals surface area contributed by atoms with Crippen molar-refractivity contribution in [3.05, 3.63) is 18.2 Å². The fourth-order valence-electron chi connectivity index (χ4n) is 3.28. The molecule has 1 aliphatic heterocycles. The van der Waals surface area contributed by atoms with E-state index in [1.165, 1.54) is 10.4 Å². The number of fused-ring (bicyclic) bond motifs is 1. The monoisotopic (exact) mass is 434 g/mol. The van der Waals surface area contributed by atoms with Gasteiger partial charge in [-0.15, -0.1) is 0 Å². The molecule has 3 rings (SSSR count). The van der Waals surface area contributed by atoms with Crippen molar-refractivity contribution in [3.63, 3.8) is 0 Å². The van der Waals surface area contributed by atoms with Crippen LogP contribution >= 0.6 is 11.7 Å². The van der Waals surface area contributed by atoms with Crippen LogP contribution in [0.25, 0.3) is 11.0 Å². The van der Waals surface area contributed by atoms with Crippen LogP contribution in [0, 0.1) is 0 Å². The lowest BCUT2D eigenvalue weighted by atomic mass is 9.86. The average molecular weight is 435 g/mol. The van der Waals surface area contributed by atoms with Crippen molar-refractivity contribution < 1.29 is 21.6 Å². The third-order valence-electron chi connectivity index (χ3n) is 4.82. The first-order valence-corrected chi connectivity index (χ1v) is 12.4. The molecule has 1 aromatic carbocycles. The second kappa shape index (κ2) is 7.68. The SMILES string of the molecule is COCCC1(NS(=O)(=O)c2cccc3nsnc23)CCN(S(C)(=O)=O)CC1. The summed E-state index contributed by atoms with van der Waals surface area (Å²) in [6.45, 7) is 0.880. The number of rotatable bonds is 7. The minimum absolute atomic E-state index is 0.0797. The van der Waals surface area contributed by atoms with Gasteiger partial charge >= 0.3 is 0 Å². The van der Waals surface area contributed by atoms with Gasteiger partial charge in [-0.2, -0.15) is 8.75 Å². The predicted molar refractivity (Wildman–Crippen MR) is 103 cm³/mol. The van der Waals surface area contributed by atoms with E-state index in [1.54, 1.807) is 19.2 Å². The Labute approximate surface area is 163 Å². The quantitative estimate of drug-likeness (QED) is 0.685. The van der Waals surface area contributed by atoms with Gasteiger partial charge in [0.15, 0.2) is 0 Å². The van der Waals surface area contributed by atoms with E-state index in [0.717, 1.165) is 18.0 Å². The molecule has 27 heavy (non-hydrogen) atoms. The molecule has 0 unspecified atom stereocenters. The summed E-state index contributed by atoms with van der Waals surface area (Å²) >= 11 is 0.960. The molecule has 0 saturated carbocycles. The highest BCUT2D eigenvalue weighted by molar-refractivity contribution is 7.89. The molecule has 0 aliphatic carbocycles. The van der Waals surface area contributed by atoms with Crippen molar-refractivity contribution in [2.24, 2.45) is 0 Å². The minimum atomic E-state index is -3.87. The summed E-state index contributed by atoms with van der Waals surface area (Å²) in [4.78, 5) is 0.0797. The molecule has 9 nitrogen and oxygen atoms in total. The summed E-state index contributed by atoms with van der Waals surface area (Å²) in [5, 5.41) is 0. The Morgan fingerprint density at radius 3 is 2.56 bits per heavy atom. The molecule has 0 radical (unpaired) electrons. The van der Waals surface area contributed by atoms with Gasteiger partial charge in [0.05, 0.1) is 18.0 Å². The number of sulfonamides is 2. The zero-order valence-electron chi connectivity index (χ0n) is 15.1. The molecule has 0 spiro atoms. The van der Waals surface area contributed by atoms with Crippen LogP contribution in [0.4, 0.5) is 0 Å². The standard InChI is InChI=1S/C15H22N4O5S3/c1-24-11-8-15(6-9-19(10-7-15)26(2,20)21)18-27(22,23)13-5-3-4-12-14(13)17-25-16-12/h3-5,18H,6-11H2,1-2H3. The van der Waals surface area contributed by atoms with E-state index in [1.807, 2.05) is 0 Å². The summed E-state index contributed by atoms with van der Waals surface area (Å²) in [7, 11) is -5.62.